The molecule has 2 heterocycles. The molecule has 2 fully saturated rings. The summed E-state index contributed by atoms with van der Waals surface area (Å²) >= 11 is 3.29. The van der Waals surface area contributed by atoms with Gasteiger partial charge in [-0.2, -0.15) is 0 Å². The van der Waals surface area contributed by atoms with E-state index in [1.807, 2.05) is 0 Å². The van der Waals surface area contributed by atoms with Crippen LogP contribution in [-0.4, -0.2) is 38.5 Å². The molecule has 0 aliphatic carbocycles. The molecule has 2 aliphatic rings. The lowest BCUT2D eigenvalue weighted by Gasteiger charge is -2.35. The van der Waals surface area contributed by atoms with Crippen LogP contribution in [0.3, 0.4) is 0 Å². The quantitative estimate of drug-likeness (QED) is 0.793. The molecule has 2 unspecified atom stereocenters. The maximum atomic E-state index is 12.5. The fraction of sp³-hybridized carbons (Fsp3) is 0.571. The summed E-state index contributed by atoms with van der Waals surface area (Å²) in [5.74, 6) is 0. The first-order valence-electron chi connectivity index (χ1n) is 7.27. The van der Waals surface area contributed by atoms with E-state index in [1.54, 1.807) is 18.2 Å². The molecule has 0 aromatic heterocycles. The third-order valence-electron chi connectivity index (χ3n) is 4.39. The number of nitrogens with zero attached hydrogens (tertiary/aromatic N) is 1. The first-order valence-corrected chi connectivity index (χ1v) is 9.55. The SMILES string of the molecule is Nc1ccc(S(=O)(=O)NC2CCN3CCCC3C2)c(Br)c1. The monoisotopic (exact) mass is 373 g/mol. The lowest BCUT2D eigenvalue weighted by Crippen LogP contribution is -2.47. The van der Waals surface area contributed by atoms with Gasteiger partial charge in [-0.15, -0.1) is 0 Å². The zero-order valence-corrected chi connectivity index (χ0v) is 14.2. The van der Waals surface area contributed by atoms with E-state index < -0.39 is 10.0 Å². The van der Waals surface area contributed by atoms with Crippen molar-refractivity contribution in [2.75, 3.05) is 18.8 Å². The van der Waals surface area contributed by atoms with Crippen LogP contribution in [0, 0.1) is 0 Å². The van der Waals surface area contributed by atoms with Gasteiger partial charge in [-0.3, -0.25) is 0 Å². The Morgan fingerprint density at radius 2 is 2.10 bits per heavy atom. The van der Waals surface area contributed by atoms with Crippen LogP contribution in [-0.2, 0) is 10.0 Å². The second kappa shape index (κ2) is 5.87. The highest BCUT2D eigenvalue weighted by atomic mass is 79.9. The van der Waals surface area contributed by atoms with Crippen LogP contribution >= 0.6 is 15.9 Å². The Labute approximate surface area is 134 Å². The Morgan fingerprint density at radius 1 is 1.29 bits per heavy atom. The third-order valence-corrected chi connectivity index (χ3v) is 6.88. The zero-order chi connectivity index (χ0) is 15.0. The number of hydrogen-bond acceptors (Lipinski definition) is 4. The molecule has 0 amide bonds. The van der Waals surface area contributed by atoms with Gasteiger partial charge in [-0.1, -0.05) is 0 Å². The number of halogens is 1. The summed E-state index contributed by atoms with van der Waals surface area (Å²) in [6.07, 6.45) is 4.20. The van der Waals surface area contributed by atoms with Gasteiger partial charge in [0.1, 0.15) is 0 Å². The van der Waals surface area contributed by atoms with Crippen molar-refractivity contribution in [1.82, 2.24) is 9.62 Å². The normalized spacial score (nSPS) is 26.7. The Bertz CT molecular complexity index is 635. The molecule has 116 valence electrons. The van der Waals surface area contributed by atoms with Crippen molar-refractivity contribution in [3.63, 3.8) is 0 Å². The van der Waals surface area contributed by atoms with Crippen LogP contribution < -0.4 is 10.5 Å². The molecule has 2 atom stereocenters. The van der Waals surface area contributed by atoms with Gasteiger partial charge < -0.3 is 10.6 Å². The Morgan fingerprint density at radius 3 is 2.86 bits per heavy atom. The summed E-state index contributed by atoms with van der Waals surface area (Å²) in [6, 6.07) is 5.35. The van der Waals surface area contributed by atoms with E-state index in [0.29, 0.717) is 16.2 Å². The lowest BCUT2D eigenvalue weighted by molar-refractivity contribution is 0.176. The van der Waals surface area contributed by atoms with Crippen LogP contribution in [0.15, 0.2) is 27.6 Å². The zero-order valence-electron chi connectivity index (χ0n) is 11.8. The van der Waals surface area contributed by atoms with Crippen molar-refractivity contribution < 1.29 is 8.42 Å². The van der Waals surface area contributed by atoms with E-state index in [2.05, 4.69) is 25.6 Å². The number of hydrogen-bond donors (Lipinski definition) is 2. The van der Waals surface area contributed by atoms with Crippen LogP contribution in [0.25, 0.3) is 0 Å². The molecule has 0 bridgehead atoms. The van der Waals surface area contributed by atoms with E-state index in [0.717, 1.165) is 25.9 Å². The van der Waals surface area contributed by atoms with Gasteiger partial charge in [0.15, 0.2) is 0 Å². The maximum Gasteiger partial charge on any atom is 0.241 e. The predicted molar refractivity (Wildman–Crippen MR) is 86.5 cm³/mol. The highest BCUT2D eigenvalue weighted by molar-refractivity contribution is 9.10. The molecule has 2 aliphatic heterocycles. The topological polar surface area (TPSA) is 75.4 Å². The van der Waals surface area contributed by atoms with Crippen LogP contribution in [0.1, 0.15) is 25.7 Å². The summed E-state index contributed by atoms with van der Waals surface area (Å²) in [7, 11) is -3.51. The lowest BCUT2D eigenvalue weighted by atomic mass is 9.99. The number of fused-ring (bicyclic) bond motifs is 1. The number of nitrogen functional groups attached to an aromatic ring is 1. The third kappa shape index (κ3) is 3.26. The Balaban J connectivity index is 1.74. The first-order chi connectivity index (χ1) is 9.95. The van der Waals surface area contributed by atoms with Crippen LogP contribution in [0.2, 0.25) is 0 Å². The second-order valence-corrected chi connectivity index (χ2v) is 8.40. The van der Waals surface area contributed by atoms with Crippen LogP contribution in [0.5, 0.6) is 0 Å². The maximum absolute atomic E-state index is 12.5. The molecule has 2 saturated heterocycles. The molecule has 7 heteroatoms. The summed E-state index contributed by atoms with van der Waals surface area (Å²) in [5.41, 5.74) is 6.20. The number of sulfonamides is 1. The van der Waals surface area contributed by atoms with Gasteiger partial charge in [-0.05, 0) is 72.9 Å². The van der Waals surface area contributed by atoms with Gasteiger partial charge in [0, 0.05) is 22.2 Å². The highest BCUT2D eigenvalue weighted by Gasteiger charge is 2.33. The molecule has 1 aromatic rings. The van der Waals surface area contributed by atoms with Crippen molar-refractivity contribution in [3.8, 4) is 0 Å². The smallest absolute Gasteiger partial charge is 0.241 e. The van der Waals surface area contributed by atoms with E-state index in [1.165, 1.54) is 12.8 Å². The minimum absolute atomic E-state index is 0.0267. The van der Waals surface area contributed by atoms with E-state index >= 15 is 0 Å². The summed E-state index contributed by atoms with van der Waals surface area (Å²) < 4.78 is 28.4. The summed E-state index contributed by atoms with van der Waals surface area (Å²) in [6.45, 7) is 2.15. The highest BCUT2D eigenvalue weighted by Crippen LogP contribution is 2.29. The number of benzene rings is 1. The Kier molecular flexibility index (Phi) is 4.27. The minimum atomic E-state index is -3.51. The van der Waals surface area contributed by atoms with Crippen molar-refractivity contribution in [2.24, 2.45) is 0 Å². The largest absolute Gasteiger partial charge is 0.399 e. The molecule has 21 heavy (non-hydrogen) atoms. The molecule has 1 aromatic carbocycles. The average molecular weight is 374 g/mol. The van der Waals surface area contributed by atoms with Gasteiger partial charge in [-0.25, -0.2) is 13.1 Å². The molecule has 0 saturated carbocycles. The van der Waals surface area contributed by atoms with Crippen LogP contribution in [0.4, 0.5) is 5.69 Å². The molecular formula is C14H20BrN3O2S. The molecule has 3 rings (SSSR count). The van der Waals surface area contributed by atoms with E-state index in [-0.39, 0.29) is 10.9 Å². The number of nitrogens with two attached hydrogens (primary N) is 1. The summed E-state index contributed by atoms with van der Waals surface area (Å²) in [4.78, 5) is 2.73. The standard InChI is InChI=1S/C14H20BrN3O2S/c15-13-8-10(16)3-4-14(13)21(19,20)17-11-5-7-18-6-1-2-12(18)9-11/h3-4,8,11-12,17H,1-2,5-7,9,16H2. The van der Waals surface area contributed by atoms with Crippen molar-refractivity contribution in [3.05, 3.63) is 22.7 Å². The fourth-order valence-electron chi connectivity index (χ4n) is 3.35. The fourth-order valence-corrected chi connectivity index (χ4v) is 5.73. The van der Waals surface area contributed by atoms with Crippen molar-refractivity contribution in [1.29, 1.82) is 0 Å². The molecule has 0 radical (unpaired) electrons. The van der Waals surface area contributed by atoms with E-state index in [9.17, 15) is 8.42 Å². The number of rotatable bonds is 3. The van der Waals surface area contributed by atoms with Gasteiger partial charge in [0.25, 0.3) is 0 Å². The minimum Gasteiger partial charge on any atom is -0.399 e. The number of anilines is 1. The van der Waals surface area contributed by atoms with Crippen molar-refractivity contribution in [2.45, 2.75) is 42.7 Å². The number of piperidine rings is 1. The predicted octanol–water partition coefficient (Wildman–Crippen LogP) is 1.94. The van der Waals surface area contributed by atoms with E-state index in [4.69, 9.17) is 5.73 Å². The first kappa shape index (κ1) is 15.3. The number of nitrogens with one attached hydrogen (secondary N) is 1. The van der Waals surface area contributed by atoms with Gasteiger partial charge in [0.05, 0.1) is 4.90 Å². The molecule has 5 nitrogen and oxygen atoms in total. The van der Waals surface area contributed by atoms with Gasteiger partial charge >= 0.3 is 0 Å². The van der Waals surface area contributed by atoms with Crippen molar-refractivity contribution >= 4 is 31.6 Å². The molecule has 3 N–H and O–H groups in total. The molecule has 0 spiro atoms. The second-order valence-electron chi connectivity index (χ2n) is 5.86. The van der Waals surface area contributed by atoms with Gasteiger partial charge in [0.2, 0.25) is 10.0 Å². The summed E-state index contributed by atoms with van der Waals surface area (Å²) in [5, 5.41) is 0. The average Bonchev–Trinajstić information content (AvgIpc) is 2.85. The molecular weight excluding hydrogens is 354 g/mol. The Hall–Kier alpha value is -0.630.